The van der Waals surface area contributed by atoms with Crippen LogP contribution in [0, 0.1) is 0 Å². The summed E-state index contributed by atoms with van der Waals surface area (Å²) >= 11 is 0. The van der Waals surface area contributed by atoms with E-state index in [4.69, 9.17) is 0 Å². The molecular weight excluding hydrogens is 176 g/mol. The van der Waals surface area contributed by atoms with Crippen LogP contribution in [-0.2, 0) is 4.79 Å². The average Bonchev–Trinajstić information content (AvgIpc) is 2.15. The number of rotatable bonds is 4. The number of nitrogens with one attached hydrogen (secondary N) is 1. The molecule has 0 radical (unpaired) electrons. The van der Waals surface area contributed by atoms with Crippen LogP contribution in [0.15, 0.2) is 0 Å². The van der Waals surface area contributed by atoms with E-state index in [2.05, 4.69) is 26.1 Å². The molecule has 1 N–H and O–H groups in total. The first-order valence-electron chi connectivity index (χ1n) is 5.16. The van der Waals surface area contributed by atoms with E-state index < -0.39 is 5.54 Å². The van der Waals surface area contributed by atoms with Gasteiger partial charge in [0.15, 0.2) is 0 Å². The van der Waals surface area contributed by atoms with Crippen molar-refractivity contribution in [1.29, 1.82) is 0 Å². The van der Waals surface area contributed by atoms with Gasteiger partial charge in [-0.3, -0.25) is 4.79 Å². The summed E-state index contributed by atoms with van der Waals surface area (Å²) in [5.74, 6) is 0.131. The Labute approximate surface area is 87.9 Å². The van der Waals surface area contributed by atoms with Crippen LogP contribution in [0.4, 0.5) is 0 Å². The summed E-state index contributed by atoms with van der Waals surface area (Å²) in [7, 11) is 3.68. The fourth-order valence-electron chi connectivity index (χ4n) is 1.04. The molecule has 0 aliphatic rings. The fraction of sp³-hybridized carbons (Fsp3) is 0.909. The summed E-state index contributed by atoms with van der Waals surface area (Å²) in [5, 5.41) is 3.03. The molecule has 84 valence electrons. The van der Waals surface area contributed by atoms with Gasteiger partial charge in [0.1, 0.15) is 0 Å². The molecule has 0 saturated carbocycles. The molecular formula is C11H24N2O. The lowest BCUT2D eigenvalue weighted by atomic mass is 9.95. The predicted octanol–water partition coefficient (Wildman–Crippen LogP) is 1.63. The maximum absolute atomic E-state index is 12.1. The normalized spacial score (nSPS) is 12.8. The SMILES string of the molecule is CCC(C)(C)N(C)C(=O)C(C)(C)NC. The van der Waals surface area contributed by atoms with E-state index in [1.165, 1.54) is 0 Å². The lowest BCUT2D eigenvalue weighted by Crippen LogP contribution is -2.57. The summed E-state index contributed by atoms with van der Waals surface area (Å²) in [4.78, 5) is 13.9. The van der Waals surface area contributed by atoms with Crippen molar-refractivity contribution in [1.82, 2.24) is 10.2 Å². The van der Waals surface area contributed by atoms with Crippen molar-refractivity contribution < 1.29 is 4.79 Å². The van der Waals surface area contributed by atoms with Crippen LogP contribution in [0.1, 0.15) is 41.0 Å². The molecule has 0 aromatic heterocycles. The highest BCUT2D eigenvalue weighted by Crippen LogP contribution is 2.20. The second kappa shape index (κ2) is 4.30. The van der Waals surface area contributed by atoms with Crippen molar-refractivity contribution in [2.75, 3.05) is 14.1 Å². The minimum Gasteiger partial charge on any atom is -0.339 e. The molecule has 0 aliphatic carbocycles. The predicted molar refractivity (Wildman–Crippen MR) is 60.3 cm³/mol. The Morgan fingerprint density at radius 3 is 2.00 bits per heavy atom. The third-order valence-corrected chi connectivity index (χ3v) is 3.24. The number of hydrogen-bond acceptors (Lipinski definition) is 2. The Balaban J connectivity index is 4.71. The van der Waals surface area contributed by atoms with E-state index in [-0.39, 0.29) is 11.4 Å². The molecule has 0 fully saturated rings. The standard InChI is InChI=1S/C11H24N2O/c1-8-10(2,3)13(7)9(14)11(4,5)12-6/h12H,8H2,1-7H3. The summed E-state index contributed by atoms with van der Waals surface area (Å²) in [6.07, 6.45) is 0.953. The van der Waals surface area contributed by atoms with Gasteiger partial charge in [0.05, 0.1) is 5.54 Å². The van der Waals surface area contributed by atoms with Crippen LogP contribution in [0.3, 0.4) is 0 Å². The first-order chi connectivity index (χ1) is 6.19. The van der Waals surface area contributed by atoms with Crippen molar-refractivity contribution in [3.05, 3.63) is 0 Å². The second-order valence-electron chi connectivity index (χ2n) is 4.91. The van der Waals surface area contributed by atoms with Gasteiger partial charge in [-0.1, -0.05) is 6.92 Å². The molecule has 0 rings (SSSR count). The topological polar surface area (TPSA) is 32.3 Å². The van der Waals surface area contributed by atoms with Crippen LogP contribution in [0.25, 0.3) is 0 Å². The molecule has 0 heterocycles. The molecule has 0 unspecified atom stereocenters. The Morgan fingerprint density at radius 1 is 1.29 bits per heavy atom. The Hall–Kier alpha value is -0.570. The van der Waals surface area contributed by atoms with Crippen molar-refractivity contribution >= 4 is 5.91 Å². The third-order valence-electron chi connectivity index (χ3n) is 3.24. The number of nitrogens with zero attached hydrogens (tertiary/aromatic N) is 1. The van der Waals surface area contributed by atoms with Gasteiger partial charge in [-0.15, -0.1) is 0 Å². The zero-order chi connectivity index (χ0) is 11.6. The van der Waals surface area contributed by atoms with E-state index >= 15 is 0 Å². The zero-order valence-electron chi connectivity index (χ0n) is 10.6. The smallest absolute Gasteiger partial charge is 0.242 e. The summed E-state index contributed by atoms with van der Waals surface area (Å²) in [6, 6.07) is 0. The number of carbonyl (C=O) groups is 1. The molecule has 0 saturated heterocycles. The van der Waals surface area contributed by atoms with Gasteiger partial charge in [0.2, 0.25) is 5.91 Å². The van der Waals surface area contributed by atoms with Crippen molar-refractivity contribution in [2.24, 2.45) is 0 Å². The van der Waals surface area contributed by atoms with Crippen molar-refractivity contribution in [3.63, 3.8) is 0 Å². The number of amides is 1. The Morgan fingerprint density at radius 2 is 1.71 bits per heavy atom. The Kier molecular flexibility index (Phi) is 4.13. The largest absolute Gasteiger partial charge is 0.339 e. The molecule has 14 heavy (non-hydrogen) atoms. The molecule has 0 atom stereocenters. The molecule has 0 aliphatic heterocycles. The molecule has 0 aromatic carbocycles. The summed E-state index contributed by atoms with van der Waals surface area (Å²) in [5.41, 5.74) is -0.563. The van der Waals surface area contributed by atoms with Crippen LogP contribution in [-0.4, -0.2) is 36.0 Å². The van der Waals surface area contributed by atoms with E-state index in [1.54, 1.807) is 0 Å². The van der Waals surface area contributed by atoms with Gasteiger partial charge in [-0.05, 0) is 41.2 Å². The molecule has 0 aromatic rings. The van der Waals surface area contributed by atoms with E-state index in [9.17, 15) is 4.79 Å². The van der Waals surface area contributed by atoms with Crippen LogP contribution in [0.5, 0.6) is 0 Å². The molecule has 3 nitrogen and oxygen atoms in total. The monoisotopic (exact) mass is 200 g/mol. The van der Waals surface area contributed by atoms with E-state index in [0.717, 1.165) is 6.42 Å². The van der Waals surface area contributed by atoms with Gasteiger partial charge in [-0.25, -0.2) is 0 Å². The van der Waals surface area contributed by atoms with Crippen LogP contribution < -0.4 is 5.32 Å². The molecule has 0 spiro atoms. The highest BCUT2D eigenvalue weighted by molar-refractivity contribution is 5.85. The fourth-order valence-corrected chi connectivity index (χ4v) is 1.04. The highest BCUT2D eigenvalue weighted by Gasteiger charge is 2.34. The molecule has 1 amide bonds. The van der Waals surface area contributed by atoms with Gasteiger partial charge in [0.25, 0.3) is 0 Å². The van der Waals surface area contributed by atoms with Gasteiger partial charge in [0, 0.05) is 12.6 Å². The highest BCUT2D eigenvalue weighted by atomic mass is 16.2. The third kappa shape index (κ3) is 2.71. The quantitative estimate of drug-likeness (QED) is 0.748. The molecule has 0 bridgehead atoms. The van der Waals surface area contributed by atoms with Crippen LogP contribution in [0.2, 0.25) is 0 Å². The first kappa shape index (κ1) is 13.4. The summed E-state index contributed by atoms with van der Waals surface area (Å²) in [6.45, 7) is 10.1. The second-order valence-corrected chi connectivity index (χ2v) is 4.91. The minimum absolute atomic E-state index is 0.0782. The zero-order valence-corrected chi connectivity index (χ0v) is 10.6. The molecule has 3 heteroatoms. The minimum atomic E-state index is -0.485. The van der Waals surface area contributed by atoms with E-state index in [0.29, 0.717) is 0 Å². The van der Waals surface area contributed by atoms with Crippen LogP contribution >= 0.6 is 0 Å². The van der Waals surface area contributed by atoms with Gasteiger partial charge >= 0.3 is 0 Å². The van der Waals surface area contributed by atoms with E-state index in [1.807, 2.05) is 32.8 Å². The average molecular weight is 200 g/mol. The van der Waals surface area contributed by atoms with Gasteiger partial charge < -0.3 is 10.2 Å². The van der Waals surface area contributed by atoms with Gasteiger partial charge in [-0.2, -0.15) is 0 Å². The number of hydrogen-bond donors (Lipinski definition) is 1. The maximum atomic E-state index is 12.1. The number of carbonyl (C=O) groups excluding carboxylic acids is 1. The lowest BCUT2D eigenvalue weighted by molar-refractivity contribution is -0.140. The maximum Gasteiger partial charge on any atom is 0.242 e. The first-order valence-corrected chi connectivity index (χ1v) is 5.16. The van der Waals surface area contributed by atoms with Crippen molar-refractivity contribution in [2.45, 2.75) is 52.1 Å². The van der Waals surface area contributed by atoms with Crippen molar-refractivity contribution in [3.8, 4) is 0 Å². The Bertz CT molecular complexity index is 209. The summed E-state index contributed by atoms with van der Waals surface area (Å²) < 4.78 is 0. The number of likely N-dealkylation sites (N-methyl/N-ethyl adjacent to an activating group) is 2. The lowest BCUT2D eigenvalue weighted by Gasteiger charge is -2.39.